The highest BCUT2D eigenvalue weighted by molar-refractivity contribution is 7.14. The second-order valence-electron chi connectivity index (χ2n) is 5.04. The van der Waals surface area contributed by atoms with Crippen molar-refractivity contribution in [3.05, 3.63) is 76.1 Å². The standard InChI is InChI=1S/C18H11ClF2N2OS/c19-12-4-1-11(2-5-12)3-8-17(24)23-18-22-16(10-25-18)14-7-6-13(20)9-15(14)21/h1-10H,(H,22,23,24)/b8-3+. The molecule has 1 heterocycles. The van der Waals surface area contributed by atoms with Crippen molar-refractivity contribution < 1.29 is 13.6 Å². The van der Waals surface area contributed by atoms with E-state index in [4.69, 9.17) is 11.6 Å². The Hall–Kier alpha value is -2.57. The molecule has 3 rings (SSSR count). The second-order valence-corrected chi connectivity index (χ2v) is 6.33. The summed E-state index contributed by atoms with van der Waals surface area (Å²) in [6.07, 6.45) is 3.00. The fourth-order valence-electron chi connectivity index (χ4n) is 2.04. The minimum atomic E-state index is -0.703. The van der Waals surface area contributed by atoms with Crippen LogP contribution in [0.25, 0.3) is 17.3 Å². The van der Waals surface area contributed by atoms with Crippen LogP contribution in [0.1, 0.15) is 5.56 Å². The van der Waals surface area contributed by atoms with Gasteiger partial charge in [0.25, 0.3) is 0 Å². The number of rotatable bonds is 4. The third kappa shape index (κ3) is 4.49. The Labute approximate surface area is 151 Å². The van der Waals surface area contributed by atoms with Gasteiger partial charge in [-0.2, -0.15) is 0 Å². The van der Waals surface area contributed by atoms with Crippen LogP contribution in [0.2, 0.25) is 5.02 Å². The molecular weight excluding hydrogens is 366 g/mol. The topological polar surface area (TPSA) is 42.0 Å². The minimum Gasteiger partial charge on any atom is -0.298 e. The molecule has 0 fully saturated rings. The highest BCUT2D eigenvalue weighted by atomic mass is 35.5. The van der Waals surface area contributed by atoms with Gasteiger partial charge in [0.1, 0.15) is 11.6 Å². The van der Waals surface area contributed by atoms with E-state index < -0.39 is 11.6 Å². The average Bonchev–Trinajstić information content (AvgIpc) is 3.02. The number of carbonyl (C=O) groups is 1. The summed E-state index contributed by atoms with van der Waals surface area (Å²) in [5, 5.41) is 5.14. The molecule has 0 aliphatic heterocycles. The normalized spacial score (nSPS) is 11.0. The van der Waals surface area contributed by atoms with Crippen molar-refractivity contribution in [1.29, 1.82) is 0 Å². The van der Waals surface area contributed by atoms with Gasteiger partial charge in [-0.3, -0.25) is 10.1 Å². The fraction of sp³-hybridized carbons (Fsp3) is 0. The minimum absolute atomic E-state index is 0.176. The summed E-state index contributed by atoms with van der Waals surface area (Å²) in [5.74, 6) is -1.72. The number of amides is 1. The zero-order valence-electron chi connectivity index (χ0n) is 12.7. The number of benzene rings is 2. The summed E-state index contributed by atoms with van der Waals surface area (Å²) in [7, 11) is 0. The third-order valence-corrected chi connectivity index (χ3v) is 4.25. The number of carbonyl (C=O) groups excluding carboxylic acids is 1. The Balaban J connectivity index is 1.68. The van der Waals surface area contributed by atoms with Crippen molar-refractivity contribution in [2.45, 2.75) is 0 Å². The van der Waals surface area contributed by atoms with E-state index in [0.29, 0.717) is 15.8 Å². The molecule has 3 nitrogen and oxygen atoms in total. The Morgan fingerprint density at radius 2 is 1.92 bits per heavy atom. The summed E-state index contributed by atoms with van der Waals surface area (Å²) >= 11 is 6.95. The average molecular weight is 377 g/mol. The molecule has 0 saturated heterocycles. The van der Waals surface area contributed by atoms with Crippen molar-refractivity contribution >= 4 is 40.1 Å². The first-order valence-electron chi connectivity index (χ1n) is 7.17. The van der Waals surface area contributed by atoms with Crippen LogP contribution in [0.15, 0.2) is 53.9 Å². The quantitative estimate of drug-likeness (QED) is 0.620. The van der Waals surface area contributed by atoms with Crippen LogP contribution in [0.5, 0.6) is 0 Å². The van der Waals surface area contributed by atoms with Gasteiger partial charge in [-0.15, -0.1) is 11.3 Å². The van der Waals surface area contributed by atoms with Gasteiger partial charge in [-0.05, 0) is 35.9 Å². The van der Waals surface area contributed by atoms with Crippen LogP contribution >= 0.6 is 22.9 Å². The van der Waals surface area contributed by atoms with Crippen molar-refractivity contribution in [3.8, 4) is 11.3 Å². The van der Waals surface area contributed by atoms with Crippen LogP contribution in [-0.2, 0) is 4.79 Å². The first-order valence-corrected chi connectivity index (χ1v) is 8.42. The maximum Gasteiger partial charge on any atom is 0.250 e. The lowest BCUT2D eigenvalue weighted by molar-refractivity contribution is -0.111. The molecule has 3 aromatic rings. The fourth-order valence-corrected chi connectivity index (χ4v) is 2.88. The number of thiazole rings is 1. The van der Waals surface area contributed by atoms with E-state index in [1.165, 1.54) is 12.1 Å². The molecule has 0 bridgehead atoms. The maximum absolute atomic E-state index is 13.8. The largest absolute Gasteiger partial charge is 0.298 e. The molecule has 0 atom stereocenters. The molecule has 0 spiro atoms. The van der Waals surface area contributed by atoms with Gasteiger partial charge < -0.3 is 0 Å². The molecule has 2 aromatic carbocycles. The number of nitrogens with one attached hydrogen (secondary N) is 1. The highest BCUT2D eigenvalue weighted by Crippen LogP contribution is 2.27. The molecule has 1 amide bonds. The highest BCUT2D eigenvalue weighted by Gasteiger charge is 2.11. The van der Waals surface area contributed by atoms with Gasteiger partial charge in [0.2, 0.25) is 5.91 Å². The number of anilines is 1. The van der Waals surface area contributed by atoms with Gasteiger partial charge >= 0.3 is 0 Å². The lowest BCUT2D eigenvalue weighted by Crippen LogP contribution is -2.07. The summed E-state index contributed by atoms with van der Waals surface area (Å²) in [5.41, 5.74) is 1.34. The van der Waals surface area contributed by atoms with Gasteiger partial charge in [0, 0.05) is 28.1 Å². The van der Waals surface area contributed by atoms with E-state index in [0.717, 1.165) is 29.0 Å². The van der Waals surface area contributed by atoms with E-state index in [2.05, 4.69) is 10.3 Å². The van der Waals surface area contributed by atoms with Crippen LogP contribution in [0, 0.1) is 11.6 Å². The Bertz CT molecular complexity index is 939. The summed E-state index contributed by atoms with van der Waals surface area (Å²) in [4.78, 5) is 16.1. The van der Waals surface area contributed by atoms with E-state index in [9.17, 15) is 13.6 Å². The number of hydrogen-bond donors (Lipinski definition) is 1. The van der Waals surface area contributed by atoms with Crippen LogP contribution in [-0.4, -0.2) is 10.9 Å². The zero-order valence-corrected chi connectivity index (χ0v) is 14.2. The number of nitrogens with zero attached hydrogens (tertiary/aromatic N) is 1. The molecule has 25 heavy (non-hydrogen) atoms. The van der Waals surface area contributed by atoms with Gasteiger partial charge in [0.05, 0.1) is 5.69 Å². The van der Waals surface area contributed by atoms with Crippen molar-refractivity contribution in [1.82, 2.24) is 4.98 Å². The van der Waals surface area contributed by atoms with E-state index in [1.54, 1.807) is 35.7 Å². The molecule has 7 heteroatoms. The molecule has 0 aliphatic rings. The number of aromatic nitrogens is 1. The molecule has 126 valence electrons. The Kier molecular flexibility index (Phi) is 5.21. The molecule has 1 aromatic heterocycles. The molecule has 0 aliphatic carbocycles. The van der Waals surface area contributed by atoms with Crippen molar-refractivity contribution in [3.63, 3.8) is 0 Å². The zero-order chi connectivity index (χ0) is 17.8. The summed E-state index contributed by atoms with van der Waals surface area (Å²) < 4.78 is 26.7. The van der Waals surface area contributed by atoms with Gasteiger partial charge in [-0.25, -0.2) is 13.8 Å². The third-order valence-electron chi connectivity index (χ3n) is 3.24. The maximum atomic E-state index is 13.8. The molecule has 0 radical (unpaired) electrons. The Morgan fingerprint density at radius 3 is 2.64 bits per heavy atom. The predicted molar refractivity (Wildman–Crippen MR) is 96.6 cm³/mol. The lowest BCUT2D eigenvalue weighted by Gasteiger charge is -1.99. The van der Waals surface area contributed by atoms with Crippen LogP contribution in [0.3, 0.4) is 0 Å². The molecular formula is C18H11ClF2N2OS. The van der Waals surface area contributed by atoms with Gasteiger partial charge in [0.15, 0.2) is 5.13 Å². The monoisotopic (exact) mass is 376 g/mol. The smallest absolute Gasteiger partial charge is 0.250 e. The first-order chi connectivity index (χ1) is 12.0. The SMILES string of the molecule is O=C(/C=C/c1ccc(Cl)cc1)Nc1nc(-c2ccc(F)cc2F)cs1. The molecule has 1 N–H and O–H groups in total. The lowest BCUT2D eigenvalue weighted by atomic mass is 10.1. The molecule has 0 unspecified atom stereocenters. The molecule has 0 saturated carbocycles. The van der Waals surface area contributed by atoms with E-state index in [-0.39, 0.29) is 11.5 Å². The summed E-state index contributed by atoms with van der Waals surface area (Å²) in [6.45, 7) is 0. The predicted octanol–water partition coefficient (Wildman–Crippen LogP) is 5.39. The number of halogens is 3. The van der Waals surface area contributed by atoms with Crippen LogP contribution in [0.4, 0.5) is 13.9 Å². The van der Waals surface area contributed by atoms with Crippen molar-refractivity contribution in [2.75, 3.05) is 5.32 Å². The van der Waals surface area contributed by atoms with E-state index in [1.807, 2.05) is 0 Å². The number of hydrogen-bond acceptors (Lipinski definition) is 3. The van der Waals surface area contributed by atoms with Crippen molar-refractivity contribution in [2.24, 2.45) is 0 Å². The van der Waals surface area contributed by atoms with E-state index >= 15 is 0 Å². The summed E-state index contributed by atoms with van der Waals surface area (Å²) in [6, 6.07) is 10.3. The van der Waals surface area contributed by atoms with Crippen LogP contribution < -0.4 is 5.32 Å². The van der Waals surface area contributed by atoms with Gasteiger partial charge in [-0.1, -0.05) is 23.7 Å². The second kappa shape index (κ2) is 7.55. The Morgan fingerprint density at radius 1 is 1.16 bits per heavy atom. The first kappa shape index (κ1) is 17.3.